The molecule has 1 aliphatic heterocycles. The Labute approximate surface area is 129 Å². The molecule has 1 aromatic carbocycles. The quantitative estimate of drug-likeness (QED) is 0.783. The van der Waals surface area contributed by atoms with Gasteiger partial charge in [0.1, 0.15) is 5.75 Å². The number of carbonyl (C=O) groups excluding carboxylic acids is 2. The maximum atomic E-state index is 12.4. The molecule has 0 atom stereocenters. The van der Waals surface area contributed by atoms with Gasteiger partial charge in [0.05, 0.1) is 10.7 Å². The SMILES string of the molecule is O=C1C2=C(CCCC2)C(=O)N1c1cc(O)c(Cl)cc1Br. The summed E-state index contributed by atoms with van der Waals surface area (Å²) in [6, 6.07) is 2.81. The van der Waals surface area contributed by atoms with Crippen LogP contribution in [0, 0.1) is 0 Å². The molecule has 0 aromatic heterocycles. The molecule has 0 bridgehead atoms. The number of hydrogen-bond donors (Lipinski definition) is 1. The van der Waals surface area contributed by atoms with Crippen LogP contribution in [0.1, 0.15) is 25.7 Å². The number of benzene rings is 1. The number of aromatic hydroxyl groups is 1. The Morgan fingerprint density at radius 1 is 1.10 bits per heavy atom. The minimum Gasteiger partial charge on any atom is -0.506 e. The van der Waals surface area contributed by atoms with E-state index in [2.05, 4.69) is 15.9 Å². The number of halogens is 2. The molecule has 0 unspecified atom stereocenters. The van der Waals surface area contributed by atoms with Gasteiger partial charge in [0.25, 0.3) is 11.8 Å². The van der Waals surface area contributed by atoms with Crippen molar-refractivity contribution < 1.29 is 14.7 Å². The number of carbonyl (C=O) groups is 2. The molecule has 104 valence electrons. The molecule has 6 heteroatoms. The number of nitrogens with zero attached hydrogens (tertiary/aromatic N) is 1. The molecule has 1 heterocycles. The van der Waals surface area contributed by atoms with Crippen molar-refractivity contribution in [2.45, 2.75) is 25.7 Å². The molecule has 4 nitrogen and oxygen atoms in total. The lowest BCUT2D eigenvalue weighted by Crippen LogP contribution is -2.31. The van der Waals surface area contributed by atoms with Crippen LogP contribution in [-0.4, -0.2) is 16.9 Å². The van der Waals surface area contributed by atoms with Crippen LogP contribution in [0.2, 0.25) is 5.02 Å². The van der Waals surface area contributed by atoms with Gasteiger partial charge >= 0.3 is 0 Å². The van der Waals surface area contributed by atoms with Gasteiger partial charge in [-0.15, -0.1) is 0 Å². The van der Waals surface area contributed by atoms with Crippen LogP contribution in [-0.2, 0) is 9.59 Å². The van der Waals surface area contributed by atoms with E-state index >= 15 is 0 Å². The standard InChI is InChI=1S/C14H11BrClNO3/c15-9-5-10(16)12(18)6-11(9)17-13(19)7-3-1-2-4-8(7)14(17)20/h5-6,18H,1-4H2. The normalized spacial score (nSPS) is 18.8. The fraction of sp³-hybridized carbons (Fsp3) is 0.286. The zero-order chi connectivity index (χ0) is 14.4. The van der Waals surface area contributed by atoms with E-state index in [9.17, 15) is 14.7 Å². The van der Waals surface area contributed by atoms with E-state index in [0.717, 1.165) is 17.7 Å². The smallest absolute Gasteiger partial charge is 0.261 e. The van der Waals surface area contributed by atoms with E-state index in [0.29, 0.717) is 34.1 Å². The maximum Gasteiger partial charge on any atom is 0.261 e. The van der Waals surface area contributed by atoms with Crippen molar-refractivity contribution in [3.8, 4) is 5.75 Å². The van der Waals surface area contributed by atoms with Gasteiger partial charge in [-0.05, 0) is 47.7 Å². The van der Waals surface area contributed by atoms with E-state index in [1.54, 1.807) is 0 Å². The van der Waals surface area contributed by atoms with Crippen LogP contribution in [0.25, 0.3) is 0 Å². The van der Waals surface area contributed by atoms with E-state index in [-0.39, 0.29) is 22.6 Å². The average molecular weight is 357 g/mol. The summed E-state index contributed by atoms with van der Waals surface area (Å²) >= 11 is 9.09. The third-order valence-electron chi connectivity index (χ3n) is 3.65. The molecule has 0 radical (unpaired) electrons. The second-order valence-corrected chi connectivity index (χ2v) is 6.13. The number of hydrogen-bond acceptors (Lipinski definition) is 3. The lowest BCUT2D eigenvalue weighted by atomic mass is 9.93. The lowest BCUT2D eigenvalue weighted by molar-refractivity contribution is -0.120. The zero-order valence-corrected chi connectivity index (χ0v) is 12.8. The topological polar surface area (TPSA) is 57.6 Å². The van der Waals surface area contributed by atoms with Gasteiger partial charge in [-0.2, -0.15) is 0 Å². The first-order valence-corrected chi connectivity index (χ1v) is 7.46. The summed E-state index contributed by atoms with van der Waals surface area (Å²) in [4.78, 5) is 25.9. The monoisotopic (exact) mass is 355 g/mol. The number of phenolic OH excluding ortho intramolecular Hbond substituents is 1. The van der Waals surface area contributed by atoms with E-state index in [4.69, 9.17) is 11.6 Å². The van der Waals surface area contributed by atoms with Crippen LogP contribution in [0.5, 0.6) is 5.75 Å². The zero-order valence-electron chi connectivity index (χ0n) is 10.4. The Bertz CT molecular complexity index is 641. The molecule has 0 saturated carbocycles. The Hall–Kier alpha value is -1.33. The first kappa shape index (κ1) is 13.6. The summed E-state index contributed by atoms with van der Waals surface area (Å²) in [5, 5.41) is 9.86. The van der Waals surface area contributed by atoms with E-state index in [1.807, 2.05) is 0 Å². The summed E-state index contributed by atoms with van der Waals surface area (Å²) in [5.74, 6) is -0.727. The number of amides is 2. The third kappa shape index (κ3) is 1.96. The molecular weight excluding hydrogens is 346 g/mol. The first-order valence-electron chi connectivity index (χ1n) is 6.29. The fourth-order valence-electron chi connectivity index (χ4n) is 2.66. The number of imide groups is 1. The second kappa shape index (κ2) is 4.90. The largest absolute Gasteiger partial charge is 0.506 e. The molecule has 0 spiro atoms. The van der Waals surface area contributed by atoms with Crippen molar-refractivity contribution in [1.82, 2.24) is 0 Å². The molecule has 3 rings (SSSR count). The highest BCUT2D eigenvalue weighted by atomic mass is 79.9. The van der Waals surface area contributed by atoms with Gasteiger partial charge in [-0.3, -0.25) is 9.59 Å². The van der Waals surface area contributed by atoms with Crippen LogP contribution >= 0.6 is 27.5 Å². The van der Waals surface area contributed by atoms with Crippen molar-refractivity contribution in [3.63, 3.8) is 0 Å². The van der Waals surface area contributed by atoms with Gasteiger partial charge in [0, 0.05) is 21.7 Å². The number of anilines is 1. The minimum atomic E-state index is -0.285. The fourth-order valence-corrected chi connectivity index (χ4v) is 3.47. The van der Waals surface area contributed by atoms with Crippen molar-refractivity contribution in [1.29, 1.82) is 0 Å². The molecule has 20 heavy (non-hydrogen) atoms. The van der Waals surface area contributed by atoms with Gasteiger partial charge < -0.3 is 5.11 Å². The highest BCUT2D eigenvalue weighted by Gasteiger charge is 2.40. The Kier molecular flexibility index (Phi) is 3.34. The van der Waals surface area contributed by atoms with Crippen molar-refractivity contribution >= 4 is 45.0 Å². The third-order valence-corrected chi connectivity index (χ3v) is 4.59. The Morgan fingerprint density at radius 2 is 1.65 bits per heavy atom. The Balaban J connectivity index is 2.07. The summed E-state index contributed by atoms with van der Waals surface area (Å²) in [6.45, 7) is 0. The van der Waals surface area contributed by atoms with Crippen molar-refractivity contribution in [2.75, 3.05) is 4.90 Å². The number of phenols is 1. The van der Waals surface area contributed by atoms with Gasteiger partial charge in [0.15, 0.2) is 0 Å². The van der Waals surface area contributed by atoms with Crippen LogP contribution in [0.4, 0.5) is 5.69 Å². The van der Waals surface area contributed by atoms with Crippen molar-refractivity contribution in [2.24, 2.45) is 0 Å². The molecule has 1 N–H and O–H groups in total. The predicted molar refractivity (Wildman–Crippen MR) is 78.8 cm³/mol. The molecule has 0 fully saturated rings. The maximum absolute atomic E-state index is 12.4. The number of rotatable bonds is 1. The molecule has 2 amide bonds. The van der Waals surface area contributed by atoms with Gasteiger partial charge in [-0.25, -0.2) is 4.90 Å². The molecular formula is C14H11BrClNO3. The summed E-state index contributed by atoms with van der Waals surface area (Å²) in [7, 11) is 0. The Morgan fingerprint density at radius 3 is 2.20 bits per heavy atom. The molecule has 0 saturated heterocycles. The molecule has 1 aliphatic carbocycles. The molecule has 1 aromatic rings. The lowest BCUT2D eigenvalue weighted by Gasteiger charge is -2.17. The van der Waals surface area contributed by atoms with E-state index < -0.39 is 0 Å². The summed E-state index contributed by atoms with van der Waals surface area (Å²) < 4.78 is 0.502. The van der Waals surface area contributed by atoms with Crippen LogP contribution in [0.3, 0.4) is 0 Å². The van der Waals surface area contributed by atoms with Gasteiger partial charge in [0.2, 0.25) is 0 Å². The van der Waals surface area contributed by atoms with E-state index in [1.165, 1.54) is 12.1 Å². The average Bonchev–Trinajstić information content (AvgIpc) is 2.68. The highest BCUT2D eigenvalue weighted by Crippen LogP contribution is 2.41. The van der Waals surface area contributed by atoms with Crippen LogP contribution in [0.15, 0.2) is 27.8 Å². The molecule has 2 aliphatic rings. The summed E-state index contributed by atoms with van der Waals surface area (Å²) in [5.41, 5.74) is 1.56. The van der Waals surface area contributed by atoms with Crippen LogP contribution < -0.4 is 4.90 Å². The van der Waals surface area contributed by atoms with Crippen molar-refractivity contribution in [3.05, 3.63) is 32.8 Å². The first-order chi connectivity index (χ1) is 9.50. The summed E-state index contributed by atoms with van der Waals surface area (Å²) in [6.07, 6.45) is 3.15. The predicted octanol–water partition coefficient (Wildman–Crippen LogP) is 3.55. The second-order valence-electron chi connectivity index (χ2n) is 4.86. The highest BCUT2D eigenvalue weighted by molar-refractivity contribution is 9.10. The minimum absolute atomic E-state index is 0.157. The van der Waals surface area contributed by atoms with Gasteiger partial charge in [-0.1, -0.05) is 11.6 Å².